The van der Waals surface area contributed by atoms with Gasteiger partial charge in [0.05, 0.1) is 6.04 Å². The highest BCUT2D eigenvalue weighted by molar-refractivity contribution is 5.77. The molecule has 1 aromatic rings. The maximum absolute atomic E-state index is 12.0. The minimum absolute atomic E-state index is 0.211. The van der Waals surface area contributed by atoms with Crippen LogP contribution in [0.5, 0.6) is 0 Å². The van der Waals surface area contributed by atoms with E-state index in [1.54, 1.807) is 0 Å². The molecule has 2 aliphatic rings. The van der Waals surface area contributed by atoms with Gasteiger partial charge in [-0.2, -0.15) is 0 Å². The minimum Gasteiger partial charge on any atom is -0.349 e. The molecule has 3 rings (SSSR count). The Morgan fingerprint density at radius 3 is 2.94 bits per heavy atom. The van der Waals surface area contributed by atoms with Crippen molar-refractivity contribution < 1.29 is 4.79 Å². The Kier molecular flexibility index (Phi) is 3.33. The summed E-state index contributed by atoms with van der Waals surface area (Å²) in [5.41, 5.74) is 2.73. The quantitative estimate of drug-likeness (QED) is 0.851. The maximum Gasteiger partial charge on any atom is 0.220 e. The lowest BCUT2D eigenvalue weighted by molar-refractivity contribution is -0.123. The van der Waals surface area contributed by atoms with Gasteiger partial charge in [0, 0.05) is 6.42 Å². The molecule has 18 heavy (non-hydrogen) atoms. The lowest BCUT2D eigenvalue weighted by Crippen LogP contribution is -2.45. The highest BCUT2D eigenvalue weighted by Gasteiger charge is 2.24. The van der Waals surface area contributed by atoms with Gasteiger partial charge in [-0.15, -0.1) is 0 Å². The van der Waals surface area contributed by atoms with Crippen LogP contribution in [0.4, 0.5) is 0 Å². The van der Waals surface area contributed by atoms with Crippen LogP contribution in [0.2, 0.25) is 0 Å². The van der Waals surface area contributed by atoms with E-state index in [4.69, 9.17) is 0 Å². The Morgan fingerprint density at radius 2 is 2.17 bits per heavy atom. The monoisotopic (exact) mass is 244 g/mol. The Labute approximate surface area is 108 Å². The second-order valence-corrected chi connectivity index (χ2v) is 5.44. The molecular weight excluding hydrogens is 224 g/mol. The number of hydrogen-bond acceptors (Lipinski definition) is 2. The summed E-state index contributed by atoms with van der Waals surface area (Å²) in [5.74, 6) is 0.757. The third-order valence-corrected chi connectivity index (χ3v) is 4.04. The fraction of sp³-hybridized carbons (Fsp3) is 0.533. The SMILES string of the molecule is O=C(CC1CNC1)NC1CCCc2ccccc21. The zero-order valence-electron chi connectivity index (χ0n) is 10.6. The van der Waals surface area contributed by atoms with Crippen molar-refractivity contribution in [1.82, 2.24) is 10.6 Å². The number of hydrogen-bond donors (Lipinski definition) is 2. The topological polar surface area (TPSA) is 41.1 Å². The highest BCUT2D eigenvalue weighted by Crippen LogP contribution is 2.29. The van der Waals surface area contributed by atoms with Crippen molar-refractivity contribution in [2.45, 2.75) is 31.7 Å². The van der Waals surface area contributed by atoms with E-state index in [2.05, 4.69) is 34.9 Å². The van der Waals surface area contributed by atoms with Gasteiger partial charge in [0.2, 0.25) is 5.91 Å². The van der Waals surface area contributed by atoms with Crippen molar-refractivity contribution >= 4 is 5.91 Å². The fourth-order valence-electron chi connectivity index (χ4n) is 2.91. The molecule has 1 saturated heterocycles. The van der Waals surface area contributed by atoms with Crippen molar-refractivity contribution in [3.63, 3.8) is 0 Å². The van der Waals surface area contributed by atoms with E-state index in [-0.39, 0.29) is 11.9 Å². The number of amides is 1. The first-order valence-electron chi connectivity index (χ1n) is 6.91. The molecule has 0 spiro atoms. The third kappa shape index (κ3) is 2.41. The van der Waals surface area contributed by atoms with Crippen LogP contribution in [-0.4, -0.2) is 19.0 Å². The van der Waals surface area contributed by atoms with Crippen LogP contribution >= 0.6 is 0 Å². The molecular formula is C15H20N2O. The molecule has 2 N–H and O–H groups in total. The van der Waals surface area contributed by atoms with Crippen molar-refractivity contribution in [1.29, 1.82) is 0 Å². The normalized spacial score (nSPS) is 23.0. The van der Waals surface area contributed by atoms with Crippen LogP contribution in [0.3, 0.4) is 0 Å². The number of fused-ring (bicyclic) bond motifs is 1. The van der Waals surface area contributed by atoms with Crippen LogP contribution in [0.15, 0.2) is 24.3 Å². The lowest BCUT2D eigenvalue weighted by Gasteiger charge is -2.29. The molecule has 1 unspecified atom stereocenters. The van der Waals surface area contributed by atoms with E-state index in [0.29, 0.717) is 12.3 Å². The van der Waals surface area contributed by atoms with Gasteiger partial charge < -0.3 is 10.6 Å². The zero-order valence-corrected chi connectivity index (χ0v) is 10.6. The molecule has 1 heterocycles. The summed E-state index contributed by atoms with van der Waals surface area (Å²) in [5, 5.41) is 6.41. The summed E-state index contributed by atoms with van der Waals surface area (Å²) < 4.78 is 0. The van der Waals surface area contributed by atoms with Crippen LogP contribution in [-0.2, 0) is 11.2 Å². The van der Waals surface area contributed by atoms with E-state index in [9.17, 15) is 4.79 Å². The Hall–Kier alpha value is -1.35. The number of carbonyl (C=O) groups excluding carboxylic acids is 1. The molecule has 0 aromatic heterocycles. The highest BCUT2D eigenvalue weighted by atomic mass is 16.1. The second-order valence-electron chi connectivity index (χ2n) is 5.44. The molecule has 1 fully saturated rings. The Bertz CT molecular complexity index is 440. The third-order valence-electron chi connectivity index (χ3n) is 4.04. The summed E-state index contributed by atoms with van der Waals surface area (Å²) in [6.07, 6.45) is 4.07. The largest absolute Gasteiger partial charge is 0.349 e. The zero-order chi connectivity index (χ0) is 12.4. The van der Waals surface area contributed by atoms with Gasteiger partial charge >= 0.3 is 0 Å². The Morgan fingerprint density at radius 1 is 1.33 bits per heavy atom. The maximum atomic E-state index is 12.0. The van der Waals surface area contributed by atoms with E-state index in [1.165, 1.54) is 17.5 Å². The van der Waals surface area contributed by atoms with Gasteiger partial charge in [-0.1, -0.05) is 24.3 Å². The van der Waals surface area contributed by atoms with Crippen LogP contribution in [0.25, 0.3) is 0 Å². The Balaban J connectivity index is 1.64. The van der Waals surface area contributed by atoms with Crippen molar-refractivity contribution in [2.24, 2.45) is 5.92 Å². The van der Waals surface area contributed by atoms with Crippen molar-refractivity contribution in [3.05, 3.63) is 35.4 Å². The first-order chi connectivity index (χ1) is 8.83. The molecule has 1 aliphatic heterocycles. The summed E-state index contributed by atoms with van der Waals surface area (Å²) in [6, 6.07) is 8.73. The molecule has 96 valence electrons. The molecule has 1 aliphatic carbocycles. The van der Waals surface area contributed by atoms with Crippen molar-refractivity contribution in [2.75, 3.05) is 13.1 Å². The van der Waals surface area contributed by atoms with Gasteiger partial charge in [-0.25, -0.2) is 0 Å². The minimum atomic E-state index is 0.211. The van der Waals surface area contributed by atoms with Gasteiger partial charge in [0.15, 0.2) is 0 Å². The average Bonchev–Trinajstić information content (AvgIpc) is 2.34. The average molecular weight is 244 g/mol. The first kappa shape index (κ1) is 11.7. The van der Waals surface area contributed by atoms with Crippen LogP contribution in [0, 0.1) is 5.92 Å². The number of benzene rings is 1. The molecule has 0 bridgehead atoms. The van der Waals surface area contributed by atoms with E-state index in [1.807, 2.05) is 0 Å². The summed E-state index contributed by atoms with van der Waals surface area (Å²) in [6.45, 7) is 1.99. The standard InChI is InChI=1S/C15H20N2O/c18-15(8-11-9-16-10-11)17-14-7-3-5-12-4-1-2-6-13(12)14/h1-2,4,6,11,14,16H,3,5,7-10H2,(H,17,18). The van der Waals surface area contributed by atoms with E-state index < -0.39 is 0 Å². The predicted octanol–water partition coefficient (Wildman–Crippen LogP) is 1.79. The molecule has 3 heteroatoms. The number of aryl methyl sites for hydroxylation is 1. The smallest absolute Gasteiger partial charge is 0.220 e. The molecule has 1 atom stereocenters. The second kappa shape index (κ2) is 5.11. The van der Waals surface area contributed by atoms with Gasteiger partial charge in [0.1, 0.15) is 0 Å². The fourth-order valence-corrected chi connectivity index (χ4v) is 2.91. The number of rotatable bonds is 3. The molecule has 1 amide bonds. The van der Waals surface area contributed by atoms with Crippen molar-refractivity contribution in [3.8, 4) is 0 Å². The molecule has 0 saturated carbocycles. The molecule has 3 nitrogen and oxygen atoms in total. The van der Waals surface area contributed by atoms with E-state index >= 15 is 0 Å². The predicted molar refractivity (Wildman–Crippen MR) is 71.2 cm³/mol. The summed E-state index contributed by atoms with van der Waals surface area (Å²) in [4.78, 5) is 12.0. The van der Waals surface area contributed by atoms with E-state index in [0.717, 1.165) is 25.9 Å². The molecule has 1 aromatic carbocycles. The van der Waals surface area contributed by atoms with Gasteiger partial charge in [0.25, 0.3) is 0 Å². The lowest BCUT2D eigenvalue weighted by atomic mass is 9.87. The summed E-state index contributed by atoms with van der Waals surface area (Å²) >= 11 is 0. The van der Waals surface area contributed by atoms with Crippen LogP contribution in [0.1, 0.15) is 36.4 Å². The molecule has 0 radical (unpaired) electrons. The number of nitrogens with one attached hydrogen (secondary N) is 2. The van der Waals surface area contributed by atoms with Crippen LogP contribution < -0.4 is 10.6 Å². The van der Waals surface area contributed by atoms with Gasteiger partial charge in [-0.3, -0.25) is 4.79 Å². The summed E-state index contributed by atoms with van der Waals surface area (Å²) in [7, 11) is 0. The number of carbonyl (C=O) groups is 1. The first-order valence-corrected chi connectivity index (χ1v) is 6.91. The van der Waals surface area contributed by atoms with Gasteiger partial charge in [-0.05, 0) is 49.4 Å².